The Morgan fingerprint density at radius 1 is 1.41 bits per heavy atom. The summed E-state index contributed by atoms with van der Waals surface area (Å²) in [5.41, 5.74) is 1.19. The van der Waals surface area contributed by atoms with Crippen molar-refractivity contribution in [2.45, 2.75) is 37.5 Å². The fourth-order valence-electron chi connectivity index (χ4n) is 2.46. The minimum atomic E-state index is -0.104. The van der Waals surface area contributed by atoms with Crippen LogP contribution < -0.4 is 10.1 Å². The lowest BCUT2D eigenvalue weighted by Crippen LogP contribution is -2.47. The second-order valence-corrected chi connectivity index (χ2v) is 5.36. The zero-order chi connectivity index (χ0) is 11.8. The van der Waals surface area contributed by atoms with Crippen LogP contribution in [0, 0.1) is 0 Å². The van der Waals surface area contributed by atoms with Gasteiger partial charge in [-0.1, -0.05) is 11.6 Å². The summed E-state index contributed by atoms with van der Waals surface area (Å²) in [7, 11) is 0. The van der Waals surface area contributed by atoms with E-state index in [1.807, 2.05) is 18.2 Å². The molecule has 1 aromatic carbocycles. The third kappa shape index (κ3) is 2.41. The molecule has 17 heavy (non-hydrogen) atoms. The van der Waals surface area contributed by atoms with E-state index < -0.39 is 0 Å². The van der Waals surface area contributed by atoms with Crippen molar-refractivity contribution in [3.8, 4) is 5.75 Å². The number of halogens is 1. The van der Waals surface area contributed by atoms with Crippen LogP contribution in [0.25, 0.3) is 0 Å². The topological polar surface area (TPSA) is 41.5 Å². The number of aliphatic hydroxyl groups is 1. The van der Waals surface area contributed by atoms with Gasteiger partial charge in [0.2, 0.25) is 0 Å². The summed E-state index contributed by atoms with van der Waals surface area (Å²) in [6.45, 7) is 0.837. The molecule has 0 bridgehead atoms. The molecular formula is C13H16ClNO2. The molecule has 3 rings (SSSR count). The maximum atomic E-state index is 9.20. The summed E-state index contributed by atoms with van der Waals surface area (Å²) >= 11 is 5.95. The van der Waals surface area contributed by atoms with E-state index in [1.54, 1.807) is 0 Å². The van der Waals surface area contributed by atoms with Crippen LogP contribution in [0.3, 0.4) is 0 Å². The van der Waals surface area contributed by atoms with Gasteiger partial charge in [-0.2, -0.15) is 0 Å². The molecule has 1 aromatic rings. The van der Waals surface area contributed by atoms with E-state index >= 15 is 0 Å². The van der Waals surface area contributed by atoms with Crippen molar-refractivity contribution < 1.29 is 9.84 Å². The van der Waals surface area contributed by atoms with Crippen LogP contribution in [0.2, 0.25) is 5.02 Å². The van der Waals surface area contributed by atoms with E-state index in [9.17, 15) is 5.11 Å². The molecule has 2 aliphatic rings. The number of ether oxygens (including phenoxy) is 1. The third-order valence-electron chi connectivity index (χ3n) is 3.51. The number of aliphatic hydroxyl groups excluding tert-OH is 1. The summed E-state index contributed by atoms with van der Waals surface area (Å²) in [4.78, 5) is 0. The van der Waals surface area contributed by atoms with E-state index in [4.69, 9.17) is 16.3 Å². The van der Waals surface area contributed by atoms with Crippen LogP contribution in [0.15, 0.2) is 18.2 Å². The highest BCUT2D eigenvalue weighted by Crippen LogP contribution is 2.31. The molecule has 92 valence electrons. The predicted molar refractivity (Wildman–Crippen MR) is 66.6 cm³/mol. The van der Waals surface area contributed by atoms with Gasteiger partial charge in [-0.05, 0) is 36.6 Å². The molecule has 1 aliphatic heterocycles. The molecule has 1 atom stereocenters. The summed E-state index contributed by atoms with van der Waals surface area (Å²) in [5.74, 6) is 0.954. The van der Waals surface area contributed by atoms with Gasteiger partial charge in [-0.15, -0.1) is 0 Å². The van der Waals surface area contributed by atoms with E-state index in [1.165, 1.54) is 5.56 Å². The Balaban J connectivity index is 1.52. The molecule has 4 heteroatoms. The highest BCUT2D eigenvalue weighted by atomic mass is 35.5. The summed E-state index contributed by atoms with van der Waals surface area (Å²) in [6.07, 6.45) is 2.74. The highest BCUT2D eigenvalue weighted by molar-refractivity contribution is 6.30. The molecule has 1 aliphatic carbocycles. The molecule has 0 spiro atoms. The summed E-state index contributed by atoms with van der Waals surface area (Å²) < 4.78 is 5.82. The quantitative estimate of drug-likeness (QED) is 0.863. The lowest BCUT2D eigenvalue weighted by molar-refractivity contribution is 0.0581. The van der Waals surface area contributed by atoms with Crippen LogP contribution in [0.4, 0.5) is 0 Å². The van der Waals surface area contributed by atoms with Crippen molar-refractivity contribution in [1.29, 1.82) is 0 Å². The lowest BCUT2D eigenvalue weighted by atomic mass is 9.89. The van der Waals surface area contributed by atoms with Crippen molar-refractivity contribution in [3.05, 3.63) is 28.8 Å². The fourth-order valence-corrected chi connectivity index (χ4v) is 2.65. The highest BCUT2D eigenvalue weighted by Gasteiger charge is 2.29. The first kappa shape index (κ1) is 11.3. The second-order valence-electron chi connectivity index (χ2n) is 4.93. The number of nitrogens with one attached hydrogen (secondary N) is 1. The molecular weight excluding hydrogens is 238 g/mol. The second kappa shape index (κ2) is 4.48. The van der Waals surface area contributed by atoms with Gasteiger partial charge in [0.25, 0.3) is 0 Å². The number of benzene rings is 1. The maximum Gasteiger partial charge on any atom is 0.123 e. The normalized spacial score (nSPS) is 30.6. The van der Waals surface area contributed by atoms with E-state index in [0.29, 0.717) is 6.04 Å². The van der Waals surface area contributed by atoms with E-state index in [0.717, 1.165) is 36.6 Å². The smallest absolute Gasteiger partial charge is 0.123 e. The Morgan fingerprint density at radius 2 is 2.24 bits per heavy atom. The van der Waals surface area contributed by atoms with Crippen molar-refractivity contribution in [2.75, 3.05) is 6.54 Å². The Hall–Kier alpha value is -0.770. The Kier molecular flexibility index (Phi) is 2.99. The Morgan fingerprint density at radius 3 is 3.00 bits per heavy atom. The first-order valence-corrected chi connectivity index (χ1v) is 6.45. The molecule has 0 amide bonds. The zero-order valence-electron chi connectivity index (χ0n) is 9.53. The molecule has 1 unspecified atom stereocenters. The molecule has 2 N–H and O–H groups in total. The van der Waals surface area contributed by atoms with Gasteiger partial charge >= 0.3 is 0 Å². The van der Waals surface area contributed by atoms with Gasteiger partial charge < -0.3 is 15.2 Å². The van der Waals surface area contributed by atoms with Crippen LogP contribution >= 0.6 is 11.6 Å². The van der Waals surface area contributed by atoms with Crippen LogP contribution in [-0.4, -0.2) is 29.9 Å². The molecule has 1 heterocycles. The summed E-state index contributed by atoms with van der Waals surface area (Å²) in [5, 5.41) is 13.4. The molecule has 0 aromatic heterocycles. The number of fused-ring (bicyclic) bond motifs is 1. The maximum absolute atomic E-state index is 9.20. The Bertz CT molecular complexity index is 418. The van der Waals surface area contributed by atoms with E-state index in [-0.39, 0.29) is 12.2 Å². The lowest BCUT2D eigenvalue weighted by Gasteiger charge is -2.32. The van der Waals surface area contributed by atoms with Crippen molar-refractivity contribution in [1.82, 2.24) is 5.32 Å². The molecule has 0 radical (unpaired) electrons. The largest absolute Gasteiger partial charge is 0.488 e. The van der Waals surface area contributed by atoms with Gasteiger partial charge in [0.05, 0.1) is 6.10 Å². The molecule has 1 saturated carbocycles. The van der Waals surface area contributed by atoms with Gasteiger partial charge in [0, 0.05) is 24.0 Å². The SMILES string of the molecule is OC1CC(NCC2Cc3cc(Cl)ccc3O2)C1. The minimum Gasteiger partial charge on any atom is -0.488 e. The number of hydrogen-bond acceptors (Lipinski definition) is 3. The van der Waals surface area contributed by atoms with Gasteiger partial charge in [0.1, 0.15) is 11.9 Å². The van der Waals surface area contributed by atoms with Gasteiger partial charge in [0.15, 0.2) is 0 Å². The van der Waals surface area contributed by atoms with Crippen LogP contribution in [0.5, 0.6) is 5.75 Å². The monoisotopic (exact) mass is 253 g/mol. The van der Waals surface area contributed by atoms with Gasteiger partial charge in [-0.3, -0.25) is 0 Å². The average Bonchev–Trinajstić information content (AvgIpc) is 2.64. The van der Waals surface area contributed by atoms with Crippen molar-refractivity contribution in [2.24, 2.45) is 0 Å². The predicted octanol–water partition coefficient (Wildman–Crippen LogP) is 1.76. The van der Waals surface area contributed by atoms with E-state index in [2.05, 4.69) is 5.32 Å². The Labute approximate surface area is 106 Å². The van der Waals surface area contributed by atoms with Crippen LogP contribution in [-0.2, 0) is 6.42 Å². The van der Waals surface area contributed by atoms with Crippen LogP contribution in [0.1, 0.15) is 18.4 Å². The number of hydrogen-bond donors (Lipinski definition) is 2. The first-order chi connectivity index (χ1) is 8.20. The number of rotatable bonds is 3. The van der Waals surface area contributed by atoms with Crippen molar-refractivity contribution >= 4 is 11.6 Å². The fraction of sp³-hybridized carbons (Fsp3) is 0.538. The average molecular weight is 254 g/mol. The van der Waals surface area contributed by atoms with Crippen molar-refractivity contribution in [3.63, 3.8) is 0 Å². The molecule has 3 nitrogen and oxygen atoms in total. The molecule has 1 fully saturated rings. The third-order valence-corrected chi connectivity index (χ3v) is 3.75. The standard InChI is InChI=1S/C13H16ClNO2/c14-9-1-2-13-8(3-9)4-12(17-13)7-15-10-5-11(16)6-10/h1-3,10-12,15-16H,4-7H2. The zero-order valence-corrected chi connectivity index (χ0v) is 10.3. The van der Waals surface area contributed by atoms with Gasteiger partial charge in [-0.25, -0.2) is 0 Å². The first-order valence-electron chi connectivity index (χ1n) is 6.07. The molecule has 0 saturated heterocycles. The minimum absolute atomic E-state index is 0.104. The summed E-state index contributed by atoms with van der Waals surface area (Å²) in [6, 6.07) is 6.23.